The molecule has 3 rings (SSSR count). The van der Waals surface area contributed by atoms with Crippen LogP contribution in [0.1, 0.15) is 41.3 Å². The Morgan fingerprint density at radius 2 is 2.29 bits per heavy atom. The van der Waals surface area contributed by atoms with E-state index in [1.165, 1.54) is 17.7 Å². The highest BCUT2D eigenvalue weighted by Crippen LogP contribution is 2.22. The first-order valence-corrected chi connectivity index (χ1v) is 6.19. The maximum atomic E-state index is 11.5. The van der Waals surface area contributed by atoms with Crippen molar-refractivity contribution >= 4 is 11.6 Å². The number of carbonyl (C=O) groups is 1. The molecule has 3 heteroatoms. The molecule has 88 valence electrons. The van der Waals surface area contributed by atoms with E-state index in [1.807, 2.05) is 12.1 Å². The zero-order valence-electron chi connectivity index (χ0n) is 9.99. The van der Waals surface area contributed by atoms with Gasteiger partial charge in [0.25, 0.3) is 5.91 Å². The number of nitrogens with zero attached hydrogens (tertiary/aromatic N) is 1. The second kappa shape index (κ2) is 3.99. The molecule has 0 saturated heterocycles. The number of aliphatic imine (C=N–C) groups is 1. The van der Waals surface area contributed by atoms with E-state index < -0.39 is 0 Å². The third-order valence-electron chi connectivity index (χ3n) is 3.59. The average molecular weight is 228 g/mol. The van der Waals surface area contributed by atoms with Crippen molar-refractivity contribution in [3.05, 3.63) is 34.9 Å². The van der Waals surface area contributed by atoms with Crippen LogP contribution in [0.25, 0.3) is 0 Å². The summed E-state index contributed by atoms with van der Waals surface area (Å²) >= 11 is 0. The van der Waals surface area contributed by atoms with Crippen molar-refractivity contribution in [3.63, 3.8) is 0 Å². The number of hydrogen-bond acceptors (Lipinski definition) is 2. The van der Waals surface area contributed by atoms with Gasteiger partial charge in [-0.25, -0.2) is 0 Å². The van der Waals surface area contributed by atoms with Gasteiger partial charge in [0.2, 0.25) is 0 Å². The summed E-state index contributed by atoms with van der Waals surface area (Å²) in [6, 6.07) is 6.06. The molecule has 0 radical (unpaired) electrons. The first-order valence-electron chi connectivity index (χ1n) is 6.19. The Morgan fingerprint density at radius 1 is 1.41 bits per heavy atom. The monoisotopic (exact) mass is 228 g/mol. The third kappa shape index (κ3) is 1.86. The standard InChI is InChI=1S/C14H16N2O/c1-9-2-5-13(15-7-9)10-3-4-12-11(6-10)8-16-14(12)17/h3-4,6,9H,2,5,7-8H2,1H3,(H,16,17). The Hall–Kier alpha value is -1.64. The molecule has 2 aliphatic heterocycles. The zero-order chi connectivity index (χ0) is 11.8. The molecule has 2 heterocycles. The second-order valence-electron chi connectivity index (χ2n) is 4.99. The van der Waals surface area contributed by atoms with Gasteiger partial charge in [0.1, 0.15) is 0 Å². The minimum Gasteiger partial charge on any atom is -0.348 e. The Bertz CT molecular complexity index is 505. The molecule has 3 nitrogen and oxygen atoms in total. The van der Waals surface area contributed by atoms with Gasteiger partial charge in [0, 0.05) is 24.4 Å². The van der Waals surface area contributed by atoms with E-state index in [0.717, 1.165) is 24.1 Å². The van der Waals surface area contributed by atoms with Crippen LogP contribution in [-0.2, 0) is 6.54 Å². The summed E-state index contributed by atoms with van der Waals surface area (Å²) in [5.74, 6) is 0.752. The summed E-state index contributed by atoms with van der Waals surface area (Å²) in [7, 11) is 0. The minimum absolute atomic E-state index is 0.0470. The molecule has 1 aromatic carbocycles. The fraction of sp³-hybridized carbons (Fsp3) is 0.429. The highest BCUT2D eigenvalue weighted by atomic mass is 16.1. The molecule has 0 aliphatic carbocycles. The van der Waals surface area contributed by atoms with Crippen molar-refractivity contribution in [3.8, 4) is 0 Å². The van der Waals surface area contributed by atoms with Gasteiger partial charge in [-0.15, -0.1) is 0 Å². The third-order valence-corrected chi connectivity index (χ3v) is 3.59. The van der Waals surface area contributed by atoms with Crippen LogP contribution < -0.4 is 5.32 Å². The number of nitrogens with one attached hydrogen (secondary N) is 1. The van der Waals surface area contributed by atoms with E-state index in [-0.39, 0.29) is 5.91 Å². The lowest BCUT2D eigenvalue weighted by atomic mass is 9.94. The summed E-state index contributed by atoms with van der Waals surface area (Å²) < 4.78 is 0. The lowest BCUT2D eigenvalue weighted by Crippen LogP contribution is -2.14. The summed E-state index contributed by atoms with van der Waals surface area (Å²) in [5.41, 5.74) is 4.31. The van der Waals surface area contributed by atoms with E-state index in [1.54, 1.807) is 0 Å². The SMILES string of the molecule is CC1CCC(c2ccc3c(c2)CNC3=O)=NC1. The number of rotatable bonds is 1. The van der Waals surface area contributed by atoms with Crippen molar-refractivity contribution < 1.29 is 4.79 Å². The number of fused-ring (bicyclic) bond motifs is 1. The van der Waals surface area contributed by atoms with Crippen molar-refractivity contribution in [2.45, 2.75) is 26.3 Å². The van der Waals surface area contributed by atoms with E-state index in [0.29, 0.717) is 12.5 Å². The fourth-order valence-electron chi connectivity index (χ4n) is 2.47. The molecular weight excluding hydrogens is 212 g/mol. The molecule has 0 fully saturated rings. The zero-order valence-corrected chi connectivity index (χ0v) is 9.99. The normalized spacial score (nSPS) is 23.0. The topological polar surface area (TPSA) is 41.5 Å². The van der Waals surface area contributed by atoms with Crippen LogP contribution in [0.3, 0.4) is 0 Å². The second-order valence-corrected chi connectivity index (χ2v) is 4.99. The van der Waals surface area contributed by atoms with Crippen molar-refractivity contribution in [1.29, 1.82) is 0 Å². The van der Waals surface area contributed by atoms with Gasteiger partial charge in [-0.2, -0.15) is 0 Å². The molecular formula is C14H16N2O. The first kappa shape index (κ1) is 10.5. The van der Waals surface area contributed by atoms with Gasteiger partial charge in [-0.05, 0) is 42.0 Å². The molecule has 1 aromatic rings. The number of amides is 1. The van der Waals surface area contributed by atoms with Crippen LogP contribution in [0.4, 0.5) is 0 Å². The van der Waals surface area contributed by atoms with Crippen molar-refractivity contribution in [1.82, 2.24) is 5.32 Å². The Labute approximate surface area is 101 Å². The summed E-state index contributed by atoms with van der Waals surface area (Å²) in [4.78, 5) is 16.1. The lowest BCUT2D eigenvalue weighted by Gasteiger charge is -2.17. The van der Waals surface area contributed by atoms with Gasteiger partial charge >= 0.3 is 0 Å². The predicted octanol–water partition coefficient (Wildman–Crippen LogP) is 2.15. The van der Waals surface area contributed by atoms with Crippen LogP contribution in [0.2, 0.25) is 0 Å². The van der Waals surface area contributed by atoms with E-state index in [9.17, 15) is 4.79 Å². The molecule has 0 bridgehead atoms. The smallest absolute Gasteiger partial charge is 0.251 e. The molecule has 17 heavy (non-hydrogen) atoms. The van der Waals surface area contributed by atoms with Crippen LogP contribution in [-0.4, -0.2) is 18.2 Å². The summed E-state index contributed by atoms with van der Waals surface area (Å²) in [6.45, 7) is 3.83. The van der Waals surface area contributed by atoms with Gasteiger partial charge in [0.15, 0.2) is 0 Å². The van der Waals surface area contributed by atoms with E-state index in [4.69, 9.17) is 0 Å². The molecule has 1 atom stereocenters. The Morgan fingerprint density at radius 3 is 3.06 bits per heavy atom. The fourth-order valence-corrected chi connectivity index (χ4v) is 2.47. The number of hydrogen-bond donors (Lipinski definition) is 1. The highest BCUT2D eigenvalue weighted by molar-refractivity contribution is 6.03. The van der Waals surface area contributed by atoms with Crippen molar-refractivity contribution in [2.75, 3.05) is 6.54 Å². The maximum absolute atomic E-state index is 11.5. The number of carbonyl (C=O) groups excluding carboxylic acids is 1. The maximum Gasteiger partial charge on any atom is 0.251 e. The van der Waals surface area contributed by atoms with Crippen LogP contribution in [0.15, 0.2) is 23.2 Å². The minimum atomic E-state index is 0.0470. The first-order chi connectivity index (χ1) is 8.24. The average Bonchev–Trinajstić information content (AvgIpc) is 2.72. The molecule has 2 aliphatic rings. The van der Waals surface area contributed by atoms with Gasteiger partial charge in [0.05, 0.1) is 0 Å². The van der Waals surface area contributed by atoms with Gasteiger partial charge < -0.3 is 5.32 Å². The lowest BCUT2D eigenvalue weighted by molar-refractivity contribution is 0.0966. The van der Waals surface area contributed by atoms with E-state index in [2.05, 4.69) is 23.3 Å². The molecule has 1 unspecified atom stereocenters. The van der Waals surface area contributed by atoms with Crippen LogP contribution in [0, 0.1) is 5.92 Å². The molecule has 0 saturated carbocycles. The van der Waals surface area contributed by atoms with Crippen LogP contribution >= 0.6 is 0 Å². The van der Waals surface area contributed by atoms with Crippen LogP contribution in [0.5, 0.6) is 0 Å². The molecule has 0 aromatic heterocycles. The predicted molar refractivity (Wildman–Crippen MR) is 67.4 cm³/mol. The molecule has 1 N–H and O–H groups in total. The largest absolute Gasteiger partial charge is 0.348 e. The number of benzene rings is 1. The quantitative estimate of drug-likeness (QED) is 0.786. The molecule has 0 spiro atoms. The van der Waals surface area contributed by atoms with Gasteiger partial charge in [-0.1, -0.05) is 13.0 Å². The van der Waals surface area contributed by atoms with E-state index >= 15 is 0 Å². The Balaban J connectivity index is 1.93. The van der Waals surface area contributed by atoms with Gasteiger partial charge in [-0.3, -0.25) is 9.79 Å². The summed E-state index contributed by atoms with van der Waals surface area (Å²) in [5, 5.41) is 2.84. The molecule has 1 amide bonds. The highest BCUT2D eigenvalue weighted by Gasteiger charge is 2.20. The van der Waals surface area contributed by atoms with Crippen molar-refractivity contribution in [2.24, 2.45) is 10.9 Å². The Kier molecular flexibility index (Phi) is 2.46. The summed E-state index contributed by atoms with van der Waals surface area (Å²) in [6.07, 6.45) is 2.27.